The van der Waals surface area contributed by atoms with E-state index in [1.807, 2.05) is 13.8 Å². The molecule has 1 amide bonds. The number of methoxy groups -OCH3 is 1. The van der Waals surface area contributed by atoms with Crippen LogP contribution < -0.4 is 9.47 Å². The second-order valence-corrected chi connectivity index (χ2v) is 4.44. The van der Waals surface area contributed by atoms with E-state index in [-0.39, 0.29) is 17.2 Å². The molecular weight excluding hydrogens is 274 g/mol. The first kappa shape index (κ1) is 16.8. The predicted octanol–water partition coefficient (Wildman–Crippen LogP) is 2.03. The van der Waals surface area contributed by atoms with Crippen molar-refractivity contribution in [3.8, 4) is 11.5 Å². The van der Waals surface area contributed by atoms with E-state index in [0.29, 0.717) is 18.8 Å². The van der Waals surface area contributed by atoms with Crippen LogP contribution in [0.1, 0.15) is 31.1 Å². The Hall–Kier alpha value is -2.24. The van der Waals surface area contributed by atoms with Gasteiger partial charge in [0.25, 0.3) is 5.91 Å². The van der Waals surface area contributed by atoms with Crippen LogP contribution in [0.25, 0.3) is 0 Å². The lowest BCUT2D eigenvalue weighted by Crippen LogP contribution is -2.40. The molecule has 0 aliphatic rings. The second kappa shape index (κ2) is 7.52. The third-order valence-electron chi connectivity index (χ3n) is 3.15. The summed E-state index contributed by atoms with van der Waals surface area (Å²) in [4.78, 5) is 25.0. The smallest absolute Gasteiger partial charge is 0.339 e. The summed E-state index contributed by atoms with van der Waals surface area (Å²) >= 11 is 0. The number of hydrogen-bond donors (Lipinski definition) is 1. The van der Waals surface area contributed by atoms with Gasteiger partial charge in [-0.05, 0) is 32.9 Å². The van der Waals surface area contributed by atoms with Crippen LogP contribution in [0.4, 0.5) is 0 Å². The number of hydrogen-bond acceptors (Lipinski definition) is 4. The zero-order valence-electron chi connectivity index (χ0n) is 12.8. The zero-order chi connectivity index (χ0) is 16.0. The third-order valence-corrected chi connectivity index (χ3v) is 3.15. The van der Waals surface area contributed by atoms with Gasteiger partial charge in [-0.2, -0.15) is 0 Å². The van der Waals surface area contributed by atoms with Crippen LogP contribution in [-0.2, 0) is 4.79 Å². The Morgan fingerprint density at radius 2 is 1.90 bits per heavy atom. The van der Waals surface area contributed by atoms with Gasteiger partial charge in [0.15, 0.2) is 6.10 Å². The summed E-state index contributed by atoms with van der Waals surface area (Å²) < 4.78 is 10.6. The molecule has 1 N–H and O–H groups in total. The molecule has 1 aromatic carbocycles. The van der Waals surface area contributed by atoms with Gasteiger partial charge in [0.05, 0.1) is 7.11 Å². The number of likely N-dealkylation sites (N-methyl/N-ethyl adjacent to an activating group) is 1. The molecule has 0 aromatic heterocycles. The van der Waals surface area contributed by atoms with Gasteiger partial charge in [-0.15, -0.1) is 0 Å². The molecule has 1 aromatic rings. The number of rotatable bonds is 7. The number of carbonyl (C=O) groups is 2. The quantitative estimate of drug-likeness (QED) is 0.833. The maximum absolute atomic E-state index is 12.2. The van der Waals surface area contributed by atoms with Gasteiger partial charge in [0, 0.05) is 19.2 Å². The van der Waals surface area contributed by atoms with Gasteiger partial charge in [-0.1, -0.05) is 0 Å². The van der Waals surface area contributed by atoms with Crippen LogP contribution in [0, 0.1) is 0 Å². The van der Waals surface area contributed by atoms with Gasteiger partial charge >= 0.3 is 5.97 Å². The molecule has 1 atom stereocenters. The Morgan fingerprint density at radius 1 is 1.29 bits per heavy atom. The lowest BCUT2D eigenvalue weighted by atomic mass is 10.2. The first-order valence-electron chi connectivity index (χ1n) is 6.81. The number of ether oxygens (including phenoxy) is 2. The summed E-state index contributed by atoms with van der Waals surface area (Å²) in [5, 5.41) is 9.17. The molecule has 0 aliphatic carbocycles. The molecular formula is C15H21NO5. The lowest BCUT2D eigenvalue weighted by molar-refractivity contribution is -0.137. The zero-order valence-corrected chi connectivity index (χ0v) is 12.8. The molecule has 21 heavy (non-hydrogen) atoms. The molecule has 0 saturated carbocycles. The highest BCUT2D eigenvalue weighted by atomic mass is 16.5. The minimum atomic E-state index is -1.12. The molecule has 0 spiro atoms. The molecule has 0 heterocycles. The van der Waals surface area contributed by atoms with Gasteiger partial charge < -0.3 is 19.5 Å². The van der Waals surface area contributed by atoms with E-state index < -0.39 is 12.1 Å². The summed E-state index contributed by atoms with van der Waals surface area (Å²) in [6.45, 7) is 6.51. The van der Waals surface area contributed by atoms with E-state index in [1.165, 1.54) is 25.3 Å². The maximum atomic E-state index is 12.2. The van der Waals surface area contributed by atoms with E-state index in [0.717, 1.165) is 0 Å². The number of amides is 1. The van der Waals surface area contributed by atoms with Gasteiger partial charge in [0.2, 0.25) is 0 Å². The van der Waals surface area contributed by atoms with Crippen molar-refractivity contribution >= 4 is 11.9 Å². The number of carboxylic acid groups (broad SMARTS) is 1. The number of carboxylic acids is 1. The van der Waals surface area contributed by atoms with Crippen molar-refractivity contribution in [1.29, 1.82) is 0 Å². The summed E-state index contributed by atoms with van der Waals surface area (Å²) in [5.74, 6) is -0.707. The van der Waals surface area contributed by atoms with Crippen molar-refractivity contribution in [2.75, 3.05) is 20.2 Å². The molecule has 1 rings (SSSR count). The monoisotopic (exact) mass is 295 g/mol. The van der Waals surface area contributed by atoms with Crippen LogP contribution >= 0.6 is 0 Å². The largest absolute Gasteiger partial charge is 0.497 e. The highest BCUT2D eigenvalue weighted by Crippen LogP contribution is 2.26. The van der Waals surface area contributed by atoms with E-state index in [2.05, 4.69) is 0 Å². The fraction of sp³-hybridized carbons (Fsp3) is 0.467. The van der Waals surface area contributed by atoms with E-state index in [4.69, 9.17) is 14.6 Å². The number of carbonyl (C=O) groups excluding carboxylic acids is 1. The fourth-order valence-corrected chi connectivity index (χ4v) is 1.94. The van der Waals surface area contributed by atoms with Gasteiger partial charge in [-0.25, -0.2) is 4.79 Å². The predicted molar refractivity (Wildman–Crippen MR) is 78.0 cm³/mol. The molecule has 0 radical (unpaired) electrons. The Kier molecular flexibility index (Phi) is 6.02. The van der Waals surface area contributed by atoms with E-state index in [9.17, 15) is 9.59 Å². The molecule has 0 saturated heterocycles. The van der Waals surface area contributed by atoms with Gasteiger partial charge in [0.1, 0.15) is 17.1 Å². The van der Waals surface area contributed by atoms with Crippen molar-refractivity contribution in [2.24, 2.45) is 0 Å². The van der Waals surface area contributed by atoms with E-state index >= 15 is 0 Å². The maximum Gasteiger partial charge on any atom is 0.339 e. The van der Waals surface area contributed by atoms with Crippen LogP contribution in [0.3, 0.4) is 0 Å². The van der Waals surface area contributed by atoms with Crippen LogP contribution in [-0.4, -0.2) is 48.2 Å². The summed E-state index contributed by atoms with van der Waals surface area (Å²) in [6.07, 6.45) is -0.768. The Morgan fingerprint density at radius 3 is 2.38 bits per heavy atom. The molecule has 6 nitrogen and oxygen atoms in total. The Bertz CT molecular complexity index is 511. The molecule has 0 aliphatic heterocycles. The van der Waals surface area contributed by atoms with Crippen molar-refractivity contribution in [2.45, 2.75) is 26.9 Å². The molecule has 0 fully saturated rings. The van der Waals surface area contributed by atoms with Crippen molar-refractivity contribution in [3.05, 3.63) is 23.8 Å². The van der Waals surface area contributed by atoms with Gasteiger partial charge in [-0.3, -0.25) is 4.79 Å². The molecule has 6 heteroatoms. The topological polar surface area (TPSA) is 76.1 Å². The van der Waals surface area contributed by atoms with Crippen molar-refractivity contribution < 1.29 is 24.2 Å². The van der Waals surface area contributed by atoms with Crippen molar-refractivity contribution in [1.82, 2.24) is 4.90 Å². The average Bonchev–Trinajstić information content (AvgIpc) is 2.47. The highest BCUT2D eigenvalue weighted by molar-refractivity contribution is 5.91. The Labute approximate surface area is 124 Å². The minimum absolute atomic E-state index is 0.00463. The van der Waals surface area contributed by atoms with Crippen LogP contribution in [0.5, 0.6) is 11.5 Å². The highest BCUT2D eigenvalue weighted by Gasteiger charge is 2.22. The number of benzene rings is 1. The van der Waals surface area contributed by atoms with Crippen LogP contribution in [0.15, 0.2) is 18.2 Å². The SMILES string of the molecule is CCN(CC)C(=O)C(C)Oc1cc(OC)ccc1C(=O)O. The molecule has 116 valence electrons. The summed E-state index contributed by atoms with van der Waals surface area (Å²) in [6, 6.07) is 4.40. The van der Waals surface area contributed by atoms with Crippen molar-refractivity contribution in [3.63, 3.8) is 0 Å². The van der Waals surface area contributed by atoms with Crippen LogP contribution in [0.2, 0.25) is 0 Å². The average molecular weight is 295 g/mol. The lowest BCUT2D eigenvalue weighted by Gasteiger charge is -2.24. The first-order valence-corrected chi connectivity index (χ1v) is 6.81. The number of nitrogens with zero attached hydrogens (tertiary/aromatic N) is 1. The molecule has 0 bridgehead atoms. The third kappa shape index (κ3) is 4.11. The normalized spacial score (nSPS) is 11.6. The minimum Gasteiger partial charge on any atom is -0.497 e. The summed E-state index contributed by atoms with van der Waals surface area (Å²) in [5.41, 5.74) is -0.00463. The summed E-state index contributed by atoms with van der Waals surface area (Å²) in [7, 11) is 1.48. The Balaban J connectivity index is 3.00. The second-order valence-electron chi connectivity index (χ2n) is 4.44. The van der Waals surface area contributed by atoms with E-state index in [1.54, 1.807) is 11.8 Å². The standard InChI is InChI=1S/C15H21NO5/c1-5-16(6-2)14(17)10(3)21-13-9-11(20-4)7-8-12(13)15(18)19/h7-10H,5-6H2,1-4H3,(H,18,19). The first-order chi connectivity index (χ1) is 9.94. The fourth-order valence-electron chi connectivity index (χ4n) is 1.94. The number of aromatic carboxylic acids is 1. The molecule has 1 unspecified atom stereocenters.